The Morgan fingerprint density at radius 2 is 2.17 bits per heavy atom. The molecule has 0 atom stereocenters. The Morgan fingerprint density at radius 1 is 1.50 bits per heavy atom. The highest BCUT2D eigenvalue weighted by Crippen LogP contribution is 2.31. The van der Waals surface area contributed by atoms with Crippen LogP contribution in [0.4, 0.5) is 0 Å². The third kappa shape index (κ3) is 2.90. The molecule has 0 spiro atoms. The zero-order valence-corrected chi connectivity index (χ0v) is 12.0. The molecule has 1 aromatic heterocycles. The molecule has 0 saturated carbocycles. The van der Waals surface area contributed by atoms with Gasteiger partial charge in [-0.2, -0.15) is 5.10 Å². The normalized spacial score (nSPS) is 19.9. The van der Waals surface area contributed by atoms with Gasteiger partial charge in [0.25, 0.3) is 0 Å². The number of rotatable bonds is 4. The summed E-state index contributed by atoms with van der Waals surface area (Å²) in [5.41, 5.74) is 7.18. The summed E-state index contributed by atoms with van der Waals surface area (Å²) in [6.45, 7) is 5.46. The monoisotopic (exact) mass is 266 g/mol. The van der Waals surface area contributed by atoms with E-state index in [2.05, 4.69) is 23.0 Å². The third-order valence-corrected chi connectivity index (χ3v) is 4.65. The Hall–Kier alpha value is -0.940. The van der Waals surface area contributed by atoms with E-state index in [-0.39, 0.29) is 5.41 Å². The standard InChI is InChI=1S/C13H22N4S/c1-13(12(14)18)5-9-17(10-6-13)8-4-11-3-7-15-16(11)2/h3,7H,4-6,8-10H2,1-2H3,(H2,14,18). The second-order valence-electron chi connectivity index (χ2n) is 5.46. The molecule has 4 nitrogen and oxygen atoms in total. The summed E-state index contributed by atoms with van der Waals surface area (Å²) in [5, 5.41) is 4.19. The summed E-state index contributed by atoms with van der Waals surface area (Å²) in [4.78, 5) is 3.17. The molecule has 0 unspecified atom stereocenters. The van der Waals surface area contributed by atoms with E-state index in [0.29, 0.717) is 4.99 Å². The van der Waals surface area contributed by atoms with Gasteiger partial charge in [0.2, 0.25) is 0 Å². The summed E-state index contributed by atoms with van der Waals surface area (Å²) in [7, 11) is 2.00. The van der Waals surface area contributed by atoms with Gasteiger partial charge in [-0.15, -0.1) is 0 Å². The van der Waals surface area contributed by atoms with E-state index in [1.807, 2.05) is 17.9 Å². The molecule has 0 bridgehead atoms. The molecule has 1 aliphatic heterocycles. The molecule has 0 aromatic carbocycles. The van der Waals surface area contributed by atoms with Crippen molar-refractivity contribution in [1.29, 1.82) is 0 Å². The number of piperidine rings is 1. The Labute approximate surface area is 114 Å². The molecular weight excluding hydrogens is 244 g/mol. The van der Waals surface area contributed by atoms with Crippen molar-refractivity contribution >= 4 is 17.2 Å². The second kappa shape index (κ2) is 5.36. The van der Waals surface area contributed by atoms with Crippen LogP contribution in [0.5, 0.6) is 0 Å². The molecule has 0 radical (unpaired) electrons. The van der Waals surface area contributed by atoms with E-state index in [1.54, 1.807) is 0 Å². The predicted molar refractivity (Wildman–Crippen MR) is 77.5 cm³/mol. The van der Waals surface area contributed by atoms with Crippen molar-refractivity contribution in [2.24, 2.45) is 18.2 Å². The zero-order chi connectivity index (χ0) is 13.2. The minimum absolute atomic E-state index is 0.0678. The molecule has 1 aliphatic rings. The maximum atomic E-state index is 5.82. The van der Waals surface area contributed by atoms with Crippen molar-refractivity contribution in [2.45, 2.75) is 26.2 Å². The number of aryl methyl sites for hydroxylation is 1. The summed E-state index contributed by atoms with van der Waals surface area (Å²) < 4.78 is 1.95. The fraction of sp³-hybridized carbons (Fsp3) is 0.692. The number of likely N-dealkylation sites (tertiary alicyclic amines) is 1. The average molecular weight is 266 g/mol. The third-order valence-electron chi connectivity index (χ3n) is 4.16. The molecule has 1 saturated heterocycles. The number of nitrogens with two attached hydrogens (primary N) is 1. The fourth-order valence-electron chi connectivity index (χ4n) is 2.44. The van der Waals surface area contributed by atoms with Crippen molar-refractivity contribution in [1.82, 2.24) is 14.7 Å². The zero-order valence-electron chi connectivity index (χ0n) is 11.2. The molecule has 1 fully saturated rings. The molecule has 18 heavy (non-hydrogen) atoms. The van der Waals surface area contributed by atoms with Crippen LogP contribution in [0.15, 0.2) is 12.3 Å². The minimum Gasteiger partial charge on any atom is -0.393 e. The van der Waals surface area contributed by atoms with Gasteiger partial charge >= 0.3 is 0 Å². The van der Waals surface area contributed by atoms with Crippen LogP contribution in [-0.4, -0.2) is 39.3 Å². The van der Waals surface area contributed by atoms with E-state index in [0.717, 1.165) is 38.9 Å². The maximum absolute atomic E-state index is 5.82. The topological polar surface area (TPSA) is 47.1 Å². The maximum Gasteiger partial charge on any atom is 0.0788 e. The molecule has 0 aliphatic carbocycles. The fourth-order valence-corrected chi connectivity index (χ4v) is 2.64. The van der Waals surface area contributed by atoms with E-state index in [4.69, 9.17) is 18.0 Å². The van der Waals surface area contributed by atoms with Crippen molar-refractivity contribution in [3.8, 4) is 0 Å². The minimum atomic E-state index is 0.0678. The van der Waals surface area contributed by atoms with Gasteiger partial charge in [-0.25, -0.2) is 0 Å². The first-order valence-electron chi connectivity index (χ1n) is 6.50. The Balaban J connectivity index is 1.81. The van der Waals surface area contributed by atoms with E-state index in [1.165, 1.54) is 5.69 Å². The van der Waals surface area contributed by atoms with Gasteiger partial charge < -0.3 is 10.6 Å². The van der Waals surface area contributed by atoms with E-state index >= 15 is 0 Å². The van der Waals surface area contributed by atoms with Crippen LogP contribution in [0.2, 0.25) is 0 Å². The Kier molecular flexibility index (Phi) is 4.02. The van der Waals surface area contributed by atoms with E-state index in [9.17, 15) is 0 Å². The van der Waals surface area contributed by atoms with Crippen LogP contribution < -0.4 is 5.73 Å². The smallest absolute Gasteiger partial charge is 0.0788 e. The van der Waals surface area contributed by atoms with Crippen molar-refractivity contribution in [3.05, 3.63) is 18.0 Å². The van der Waals surface area contributed by atoms with Gasteiger partial charge in [-0.1, -0.05) is 19.1 Å². The van der Waals surface area contributed by atoms with Gasteiger partial charge in [0.1, 0.15) is 0 Å². The lowest BCUT2D eigenvalue weighted by Gasteiger charge is -2.38. The van der Waals surface area contributed by atoms with Crippen LogP contribution in [0, 0.1) is 5.41 Å². The summed E-state index contributed by atoms with van der Waals surface area (Å²) in [5.74, 6) is 0. The first kappa shape index (κ1) is 13.5. The van der Waals surface area contributed by atoms with Crippen LogP contribution in [0.1, 0.15) is 25.5 Å². The number of hydrogen-bond acceptors (Lipinski definition) is 3. The molecule has 5 heteroatoms. The molecule has 2 heterocycles. The Morgan fingerprint density at radius 3 is 2.67 bits per heavy atom. The highest BCUT2D eigenvalue weighted by molar-refractivity contribution is 7.80. The van der Waals surface area contributed by atoms with Gasteiger partial charge in [-0.05, 0) is 32.0 Å². The highest BCUT2D eigenvalue weighted by Gasteiger charge is 2.32. The lowest BCUT2D eigenvalue weighted by atomic mass is 9.80. The lowest BCUT2D eigenvalue weighted by molar-refractivity contribution is 0.165. The Bertz CT molecular complexity index is 418. The molecule has 2 rings (SSSR count). The van der Waals surface area contributed by atoms with Crippen LogP contribution in [-0.2, 0) is 13.5 Å². The number of hydrogen-bond donors (Lipinski definition) is 1. The predicted octanol–water partition coefficient (Wildman–Crippen LogP) is 1.35. The largest absolute Gasteiger partial charge is 0.393 e. The molecule has 1 aromatic rings. The van der Waals surface area contributed by atoms with Crippen molar-refractivity contribution < 1.29 is 0 Å². The van der Waals surface area contributed by atoms with Crippen LogP contribution >= 0.6 is 12.2 Å². The summed E-state index contributed by atoms with van der Waals surface area (Å²) >= 11 is 5.16. The lowest BCUT2D eigenvalue weighted by Crippen LogP contribution is -2.45. The first-order valence-corrected chi connectivity index (χ1v) is 6.91. The van der Waals surface area contributed by atoms with Crippen molar-refractivity contribution in [2.75, 3.05) is 19.6 Å². The molecule has 100 valence electrons. The average Bonchev–Trinajstić information content (AvgIpc) is 2.74. The number of thiocarbonyl (C=S) groups is 1. The molecule has 0 amide bonds. The second-order valence-corrected chi connectivity index (χ2v) is 5.90. The highest BCUT2D eigenvalue weighted by atomic mass is 32.1. The molecular formula is C13H22N4S. The van der Waals surface area contributed by atoms with Crippen LogP contribution in [0.25, 0.3) is 0 Å². The van der Waals surface area contributed by atoms with Gasteiger partial charge in [0.05, 0.1) is 4.99 Å². The van der Waals surface area contributed by atoms with Crippen LogP contribution in [0.3, 0.4) is 0 Å². The van der Waals surface area contributed by atoms with Gasteiger partial charge in [0, 0.05) is 37.3 Å². The first-order chi connectivity index (χ1) is 8.51. The number of aromatic nitrogens is 2. The SMILES string of the molecule is Cn1nccc1CCN1CCC(C)(C(N)=S)CC1. The van der Waals surface area contributed by atoms with Crippen molar-refractivity contribution in [3.63, 3.8) is 0 Å². The van der Waals surface area contributed by atoms with Gasteiger partial charge in [0.15, 0.2) is 0 Å². The van der Waals surface area contributed by atoms with E-state index < -0.39 is 0 Å². The number of nitrogens with zero attached hydrogens (tertiary/aromatic N) is 3. The van der Waals surface area contributed by atoms with Gasteiger partial charge in [-0.3, -0.25) is 4.68 Å². The quantitative estimate of drug-likeness (QED) is 0.836. The summed E-state index contributed by atoms with van der Waals surface area (Å²) in [6.07, 6.45) is 5.07. The summed E-state index contributed by atoms with van der Waals surface area (Å²) in [6, 6.07) is 2.09. The molecule has 2 N–H and O–H groups in total.